The molecule has 1 amide bonds. The molecule has 3 aliphatic rings. The van der Waals surface area contributed by atoms with Crippen LogP contribution in [0.1, 0.15) is 50.9 Å². The average molecular weight is 493 g/mol. The van der Waals surface area contributed by atoms with Gasteiger partial charge in [0, 0.05) is 33.4 Å². The van der Waals surface area contributed by atoms with Crippen molar-refractivity contribution >= 4 is 27.3 Å². The molecule has 8 heteroatoms. The molecule has 0 aromatic heterocycles. The molecular formula is C27H29FN4O2S. The van der Waals surface area contributed by atoms with Gasteiger partial charge in [-0.1, -0.05) is 12.1 Å². The van der Waals surface area contributed by atoms with Gasteiger partial charge in [0.25, 0.3) is 11.5 Å². The third-order valence-corrected chi connectivity index (χ3v) is 8.75. The molecule has 2 aromatic carbocycles. The van der Waals surface area contributed by atoms with Crippen LogP contribution in [0.3, 0.4) is 0 Å². The number of piperidine rings is 1. The number of hydrogen-bond donors (Lipinski definition) is 1. The van der Waals surface area contributed by atoms with E-state index in [0.29, 0.717) is 32.6 Å². The van der Waals surface area contributed by atoms with Crippen LogP contribution in [0, 0.1) is 5.82 Å². The minimum atomic E-state index is -0.331. The first kappa shape index (κ1) is 23.6. The standard InChI is InChI=1S/C27H29FN4O2S/c1-26(2)14-13-21(27(3,4)31(26)5)29-24(33)16-9-11-17(12-10-16)32-25(34)19-15-35-23-18(22(19)30-32)7-6-8-20(23)28/h6-12,15,21H,13-14H2,1-5H3,(H,29,33). The van der Waals surface area contributed by atoms with Crippen molar-refractivity contribution < 1.29 is 9.18 Å². The van der Waals surface area contributed by atoms with Gasteiger partial charge in [0.05, 0.1) is 16.0 Å². The Morgan fingerprint density at radius 3 is 2.57 bits per heavy atom. The van der Waals surface area contributed by atoms with Crippen molar-refractivity contribution in [3.05, 3.63) is 69.6 Å². The highest BCUT2D eigenvalue weighted by molar-refractivity contribution is 7.17. The van der Waals surface area contributed by atoms with Gasteiger partial charge >= 0.3 is 0 Å². The number of benzene rings is 2. The predicted octanol–water partition coefficient (Wildman–Crippen LogP) is 5.07. The predicted molar refractivity (Wildman–Crippen MR) is 138 cm³/mol. The Hall–Kier alpha value is -3.10. The van der Waals surface area contributed by atoms with E-state index in [0.717, 1.165) is 12.8 Å². The number of halogens is 1. The molecule has 1 unspecified atom stereocenters. The van der Waals surface area contributed by atoms with Gasteiger partial charge in [0.1, 0.15) is 11.5 Å². The molecule has 0 aliphatic carbocycles. The summed E-state index contributed by atoms with van der Waals surface area (Å²) in [5.74, 6) is -0.471. The van der Waals surface area contributed by atoms with E-state index in [4.69, 9.17) is 0 Å². The summed E-state index contributed by atoms with van der Waals surface area (Å²) in [6.45, 7) is 8.79. The van der Waals surface area contributed by atoms with Crippen LogP contribution in [0.15, 0.2) is 52.6 Å². The summed E-state index contributed by atoms with van der Waals surface area (Å²) in [5, 5.41) is 9.98. The van der Waals surface area contributed by atoms with E-state index >= 15 is 0 Å². The summed E-state index contributed by atoms with van der Waals surface area (Å²) in [5.41, 5.74) is 1.61. The minimum Gasteiger partial charge on any atom is -0.347 e. The Bertz CT molecular complexity index is 1450. The Kier molecular flexibility index (Phi) is 5.56. The zero-order chi connectivity index (χ0) is 25.1. The fourth-order valence-corrected chi connectivity index (χ4v) is 6.02. The van der Waals surface area contributed by atoms with Gasteiger partial charge in [-0.2, -0.15) is 9.78 Å². The molecule has 182 valence electrons. The third kappa shape index (κ3) is 3.85. The van der Waals surface area contributed by atoms with Crippen LogP contribution in [0.2, 0.25) is 0 Å². The Morgan fingerprint density at radius 2 is 1.86 bits per heavy atom. The number of hydrogen-bond acceptors (Lipinski definition) is 5. The van der Waals surface area contributed by atoms with Gasteiger partial charge < -0.3 is 5.32 Å². The van der Waals surface area contributed by atoms with Crippen LogP contribution in [-0.2, 0) is 0 Å². The van der Waals surface area contributed by atoms with Gasteiger partial charge in [0.2, 0.25) is 0 Å². The van der Waals surface area contributed by atoms with Gasteiger partial charge in [-0.25, -0.2) is 4.39 Å². The average Bonchev–Trinajstić information content (AvgIpc) is 3.17. The first-order chi connectivity index (χ1) is 16.5. The van der Waals surface area contributed by atoms with Gasteiger partial charge in [-0.15, -0.1) is 11.3 Å². The number of nitrogens with zero attached hydrogens (tertiary/aromatic N) is 3. The van der Waals surface area contributed by atoms with Crippen molar-refractivity contribution in [3.63, 3.8) is 0 Å². The van der Waals surface area contributed by atoms with E-state index in [2.05, 4.69) is 50.1 Å². The van der Waals surface area contributed by atoms with Crippen LogP contribution in [0.5, 0.6) is 0 Å². The molecule has 1 fully saturated rings. The Labute approximate surface area is 207 Å². The molecule has 0 bridgehead atoms. The first-order valence-electron chi connectivity index (χ1n) is 11.7. The molecular weight excluding hydrogens is 463 g/mol. The summed E-state index contributed by atoms with van der Waals surface area (Å²) in [4.78, 5) is 28.4. The highest BCUT2D eigenvalue weighted by atomic mass is 32.1. The topological polar surface area (TPSA) is 67.2 Å². The lowest BCUT2D eigenvalue weighted by Crippen LogP contribution is -2.66. The number of nitrogens with one attached hydrogen (secondary N) is 1. The number of carbonyl (C=O) groups excluding carboxylic acids is 1. The Morgan fingerprint density at radius 1 is 1.14 bits per heavy atom. The van der Waals surface area contributed by atoms with Gasteiger partial charge in [-0.05, 0) is 77.9 Å². The fraction of sp³-hybridized carbons (Fsp3) is 0.370. The van der Waals surface area contributed by atoms with Crippen molar-refractivity contribution in [2.75, 3.05) is 7.05 Å². The molecule has 3 aliphatic heterocycles. The molecule has 0 spiro atoms. The third-order valence-electron chi connectivity index (χ3n) is 7.74. The number of likely N-dealkylation sites (N-methyl/N-ethyl adjacent to an activating group) is 1. The van der Waals surface area contributed by atoms with Crippen molar-refractivity contribution in [1.29, 1.82) is 0 Å². The molecule has 1 N–H and O–H groups in total. The van der Waals surface area contributed by atoms with E-state index in [1.165, 1.54) is 22.1 Å². The van der Waals surface area contributed by atoms with E-state index in [-0.39, 0.29) is 34.4 Å². The molecule has 6 nitrogen and oxygen atoms in total. The summed E-state index contributed by atoms with van der Waals surface area (Å²) in [6, 6.07) is 11.7. The Balaban J connectivity index is 1.41. The van der Waals surface area contributed by atoms with E-state index in [1.54, 1.807) is 41.8 Å². The number of carbonyl (C=O) groups is 1. The van der Waals surface area contributed by atoms with Crippen molar-refractivity contribution in [3.8, 4) is 16.9 Å². The summed E-state index contributed by atoms with van der Waals surface area (Å²) in [6.07, 6.45) is 1.90. The van der Waals surface area contributed by atoms with Crippen molar-refractivity contribution in [2.45, 2.75) is 57.7 Å². The molecule has 0 radical (unpaired) electrons. The maximum atomic E-state index is 14.2. The highest BCUT2D eigenvalue weighted by Gasteiger charge is 2.45. The molecule has 35 heavy (non-hydrogen) atoms. The second-order valence-corrected chi connectivity index (χ2v) is 11.3. The van der Waals surface area contributed by atoms with Crippen molar-refractivity contribution in [1.82, 2.24) is 20.0 Å². The second-order valence-electron chi connectivity index (χ2n) is 10.5. The van der Waals surface area contributed by atoms with E-state index in [9.17, 15) is 14.0 Å². The maximum Gasteiger partial charge on any atom is 0.281 e. The summed E-state index contributed by atoms with van der Waals surface area (Å²) in [7, 11) is 2.11. The lowest BCUT2D eigenvalue weighted by atomic mass is 9.77. The molecule has 1 saturated heterocycles. The van der Waals surface area contributed by atoms with Crippen LogP contribution < -0.4 is 10.9 Å². The van der Waals surface area contributed by atoms with Gasteiger partial charge in [0.15, 0.2) is 0 Å². The van der Waals surface area contributed by atoms with Crippen LogP contribution in [0.4, 0.5) is 4.39 Å². The first-order valence-corrected chi connectivity index (χ1v) is 12.6. The fourth-order valence-electron chi connectivity index (χ4n) is 5.10. The zero-order valence-corrected chi connectivity index (χ0v) is 21.4. The van der Waals surface area contributed by atoms with Gasteiger partial charge in [-0.3, -0.25) is 14.5 Å². The lowest BCUT2D eigenvalue weighted by Gasteiger charge is -2.55. The molecule has 3 heterocycles. The smallest absolute Gasteiger partial charge is 0.281 e. The largest absolute Gasteiger partial charge is 0.347 e. The second kappa shape index (κ2) is 8.24. The number of aromatic nitrogens is 2. The zero-order valence-electron chi connectivity index (χ0n) is 20.6. The molecule has 1 atom stereocenters. The van der Waals surface area contributed by atoms with Crippen LogP contribution >= 0.6 is 11.3 Å². The van der Waals surface area contributed by atoms with Crippen LogP contribution in [-0.4, -0.2) is 44.8 Å². The molecule has 2 aromatic rings. The summed E-state index contributed by atoms with van der Waals surface area (Å²) < 4.78 is 16.0. The number of fused-ring (bicyclic) bond motifs is 3. The van der Waals surface area contributed by atoms with E-state index < -0.39 is 0 Å². The van der Waals surface area contributed by atoms with Crippen LogP contribution in [0.25, 0.3) is 27.0 Å². The minimum absolute atomic E-state index is 0.0206. The number of likely N-dealkylation sites (tertiary alicyclic amines) is 1. The number of amides is 1. The number of rotatable bonds is 3. The molecule has 0 saturated carbocycles. The van der Waals surface area contributed by atoms with E-state index in [1.807, 2.05) is 0 Å². The maximum absolute atomic E-state index is 14.2. The monoisotopic (exact) mass is 492 g/mol. The molecule has 5 rings (SSSR count). The quantitative estimate of drug-likeness (QED) is 0.434. The lowest BCUT2D eigenvalue weighted by molar-refractivity contribution is -0.0251. The van der Waals surface area contributed by atoms with Crippen molar-refractivity contribution in [2.24, 2.45) is 0 Å². The SMILES string of the molecule is CN1C(C)(C)CCC(NC(=O)c2ccc(-n3nc4c5cccc(F)c5scc-4c3=O)cc2)C1(C)C. The highest BCUT2D eigenvalue weighted by Crippen LogP contribution is 2.37. The normalized spacial score (nSPS) is 19.8. The summed E-state index contributed by atoms with van der Waals surface area (Å²) >= 11 is 1.19.